The van der Waals surface area contributed by atoms with Gasteiger partial charge >= 0.3 is 18.1 Å². The number of β-lactam (4-membered cyclic amide) rings is 1. The number of esters is 1. The number of halogens is 4. The van der Waals surface area contributed by atoms with Crippen LogP contribution in [0.2, 0.25) is 0 Å². The fraction of sp³-hybridized carbons (Fsp3) is 0.214. The smallest absolute Gasteiger partial charge is 0.456 e. The summed E-state index contributed by atoms with van der Waals surface area (Å²) in [5.74, 6) is -5.06. The molecule has 2 N–H and O–H groups in total. The van der Waals surface area contributed by atoms with E-state index in [1.807, 2.05) is 0 Å². The van der Waals surface area contributed by atoms with E-state index in [0.717, 1.165) is 22.4 Å². The third-order valence-corrected chi connectivity index (χ3v) is 8.54. The number of carbonyl (C=O) groups is 4. The van der Waals surface area contributed by atoms with Crippen LogP contribution in [0.1, 0.15) is 16.8 Å². The Bertz CT molecular complexity index is 1820. The number of rotatable bonds is 11. The number of thiazole rings is 1. The lowest BCUT2D eigenvalue weighted by molar-refractivity contribution is -0.384. The number of benzene rings is 2. The predicted molar refractivity (Wildman–Crippen MR) is 161 cm³/mol. The number of hydrogen-bond donors (Lipinski definition) is 2. The molecular formula is C28H20F4N6O8S2. The van der Waals surface area contributed by atoms with Crippen molar-refractivity contribution in [3.63, 3.8) is 0 Å². The maximum atomic E-state index is 13.4. The average molecular weight is 709 g/mol. The number of carbonyl (C=O) groups excluding carboxylic acids is 4. The third kappa shape index (κ3) is 7.77. The van der Waals surface area contributed by atoms with Gasteiger partial charge in [0.2, 0.25) is 0 Å². The summed E-state index contributed by atoms with van der Waals surface area (Å²) in [5.41, 5.74) is -0.129. The predicted octanol–water partition coefficient (Wildman–Crippen LogP) is 3.64. The topological polar surface area (TPSA) is 182 Å². The molecule has 3 aromatic rings. The van der Waals surface area contributed by atoms with Crippen LogP contribution in [0.3, 0.4) is 0 Å². The molecule has 3 heterocycles. The van der Waals surface area contributed by atoms with Crippen molar-refractivity contribution >= 4 is 63.3 Å². The first-order valence-corrected chi connectivity index (χ1v) is 15.4. The second-order valence-electron chi connectivity index (χ2n) is 9.80. The van der Waals surface area contributed by atoms with Gasteiger partial charge in [-0.2, -0.15) is 13.2 Å². The van der Waals surface area contributed by atoms with E-state index in [-0.39, 0.29) is 36.0 Å². The lowest BCUT2D eigenvalue weighted by Gasteiger charge is -2.48. The number of nitrogens with zero attached hydrogens (tertiary/aromatic N) is 4. The second kappa shape index (κ2) is 14.2. The maximum Gasteiger partial charge on any atom is 0.471 e. The summed E-state index contributed by atoms with van der Waals surface area (Å²) in [6, 6.07) is 9.27. The summed E-state index contributed by atoms with van der Waals surface area (Å²) < 4.78 is 56.7. The zero-order valence-electron chi connectivity index (χ0n) is 23.9. The fourth-order valence-corrected chi connectivity index (χ4v) is 6.13. The summed E-state index contributed by atoms with van der Waals surface area (Å²) in [5, 5.41) is 18.6. The highest BCUT2D eigenvalue weighted by atomic mass is 32.2. The van der Waals surface area contributed by atoms with Gasteiger partial charge in [-0.15, -0.1) is 23.1 Å². The standard InChI is InChI=1S/C28H20F4N6O8S2/c29-16-5-1-15(2-6-16)12-46-36-20(18-13-48-27(33-18)35-26(42)28(30,31)32)22(39)34-21-23(40)37-19(9-10-47-24(21)37)25(41)45-11-14-3-7-17(8-4-14)38(43)44/h1-9,13,21,24H,10-12H2,(H,34,39)(H,33,35,42)/t21?,24-/m0/s1. The van der Waals surface area contributed by atoms with Crippen LogP contribution in [-0.4, -0.2) is 67.6 Å². The number of amides is 3. The zero-order chi connectivity index (χ0) is 34.6. The van der Waals surface area contributed by atoms with E-state index in [0.29, 0.717) is 22.5 Å². The van der Waals surface area contributed by atoms with Crippen LogP contribution in [0.4, 0.5) is 28.4 Å². The van der Waals surface area contributed by atoms with Gasteiger partial charge < -0.3 is 14.9 Å². The zero-order valence-corrected chi connectivity index (χ0v) is 25.6. The summed E-state index contributed by atoms with van der Waals surface area (Å²) in [4.78, 5) is 71.2. The lowest BCUT2D eigenvalue weighted by atomic mass is 10.0. The highest BCUT2D eigenvalue weighted by Gasteiger charge is 2.53. The number of thioether (sulfide) groups is 1. The van der Waals surface area contributed by atoms with Crippen LogP contribution in [0, 0.1) is 15.9 Å². The summed E-state index contributed by atoms with van der Waals surface area (Å²) in [7, 11) is 0. The van der Waals surface area contributed by atoms with Gasteiger partial charge in [0.1, 0.15) is 41.8 Å². The highest BCUT2D eigenvalue weighted by Crippen LogP contribution is 2.38. The highest BCUT2D eigenvalue weighted by molar-refractivity contribution is 8.00. The number of nitro benzene ring substituents is 1. The van der Waals surface area contributed by atoms with Gasteiger partial charge in [0, 0.05) is 23.3 Å². The number of anilines is 1. The molecule has 20 heteroatoms. The lowest BCUT2D eigenvalue weighted by Crippen LogP contribution is -2.70. The van der Waals surface area contributed by atoms with Crippen LogP contribution < -0.4 is 10.6 Å². The molecule has 0 spiro atoms. The number of alkyl halides is 3. The summed E-state index contributed by atoms with van der Waals surface area (Å²) in [6.45, 7) is -0.478. The van der Waals surface area contributed by atoms with E-state index >= 15 is 0 Å². The number of hydrogen-bond acceptors (Lipinski definition) is 12. The van der Waals surface area contributed by atoms with Crippen molar-refractivity contribution in [3.8, 4) is 0 Å². The molecule has 0 saturated carbocycles. The molecule has 1 unspecified atom stereocenters. The molecule has 2 aromatic carbocycles. The number of nitro groups is 1. The SMILES string of the molecule is O=C(NC1C(=O)N2C(C(=O)OCc3ccc([N+](=O)[O-])cc3)=CCS[C@@H]12)C(=NOCc1ccc(F)cc1)c1csc(NC(=O)C(F)(F)F)n1. The summed E-state index contributed by atoms with van der Waals surface area (Å²) >= 11 is 1.78. The molecule has 1 fully saturated rings. The van der Waals surface area contributed by atoms with Crippen LogP contribution in [0.15, 0.2) is 70.8 Å². The van der Waals surface area contributed by atoms with Crippen LogP contribution in [-0.2, 0) is 42.0 Å². The molecule has 0 radical (unpaired) electrons. The van der Waals surface area contributed by atoms with Gasteiger partial charge in [0.05, 0.1) is 4.92 Å². The number of aromatic nitrogens is 1. The Kier molecular flexibility index (Phi) is 10.0. The monoisotopic (exact) mass is 708 g/mol. The van der Waals surface area contributed by atoms with E-state index in [9.17, 15) is 46.9 Å². The van der Waals surface area contributed by atoms with Gasteiger partial charge in [0.15, 0.2) is 10.8 Å². The van der Waals surface area contributed by atoms with Crippen LogP contribution in [0.5, 0.6) is 0 Å². The molecule has 1 saturated heterocycles. The molecule has 14 nitrogen and oxygen atoms in total. The van der Waals surface area contributed by atoms with Crippen molar-refractivity contribution in [3.05, 3.63) is 98.4 Å². The molecule has 1 aromatic heterocycles. The largest absolute Gasteiger partial charge is 0.471 e. The molecular weight excluding hydrogens is 688 g/mol. The first-order chi connectivity index (χ1) is 22.8. The molecule has 48 heavy (non-hydrogen) atoms. The van der Waals surface area contributed by atoms with Crippen LogP contribution in [0.25, 0.3) is 0 Å². The third-order valence-electron chi connectivity index (χ3n) is 6.60. The van der Waals surface area contributed by atoms with Gasteiger partial charge in [-0.1, -0.05) is 17.3 Å². The van der Waals surface area contributed by atoms with Crippen molar-refractivity contribution in [2.75, 3.05) is 11.1 Å². The molecule has 0 aliphatic carbocycles. The maximum absolute atomic E-state index is 13.4. The van der Waals surface area contributed by atoms with Gasteiger partial charge in [0.25, 0.3) is 17.5 Å². The van der Waals surface area contributed by atoms with Crippen molar-refractivity contribution in [1.29, 1.82) is 0 Å². The summed E-state index contributed by atoms with van der Waals surface area (Å²) in [6.07, 6.45) is -3.73. The number of fused-ring (bicyclic) bond motifs is 1. The van der Waals surface area contributed by atoms with Gasteiger partial charge in [-0.3, -0.25) is 34.7 Å². The van der Waals surface area contributed by atoms with Crippen LogP contribution >= 0.6 is 23.1 Å². The number of oxime groups is 1. The molecule has 250 valence electrons. The Morgan fingerprint density at radius 3 is 2.42 bits per heavy atom. The molecule has 5 rings (SSSR count). The Labute approximate surface area is 274 Å². The Hall–Kier alpha value is -5.37. The number of ether oxygens (including phenoxy) is 1. The van der Waals surface area contributed by atoms with Gasteiger partial charge in [-0.05, 0) is 41.5 Å². The molecule has 0 bridgehead atoms. The fourth-order valence-electron chi connectivity index (χ4n) is 4.24. The van der Waals surface area contributed by atoms with Crippen molar-refractivity contribution in [1.82, 2.24) is 15.2 Å². The van der Waals surface area contributed by atoms with Crippen molar-refractivity contribution in [2.24, 2.45) is 5.16 Å². The quantitative estimate of drug-likeness (QED) is 0.0745. The average Bonchev–Trinajstić information content (AvgIpc) is 3.52. The molecule has 2 aliphatic heterocycles. The Balaban J connectivity index is 1.26. The second-order valence-corrected chi connectivity index (χ2v) is 11.8. The van der Waals surface area contributed by atoms with E-state index in [4.69, 9.17) is 9.57 Å². The minimum Gasteiger partial charge on any atom is -0.456 e. The van der Waals surface area contributed by atoms with Crippen molar-refractivity contribution < 1.29 is 51.2 Å². The molecule has 2 atom stereocenters. The Morgan fingerprint density at radius 1 is 1.08 bits per heavy atom. The molecule has 3 amide bonds. The minimum atomic E-state index is -5.20. The molecule has 2 aliphatic rings. The first kappa shape index (κ1) is 34.0. The minimum absolute atomic E-state index is 0.0720. The van der Waals surface area contributed by atoms with E-state index in [1.165, 1.54) is 54.2 Å². The van der Waals surface area contributed by atoms with E-state index in [1.54, 1.807) is 5.32 Å². The van der Waals surface area contributed by atoms with E-state index in [2.05, 4.69) is 15.5 Å². The van der Waals surface area contributed by atoms with Crippen molar-refractivity contribution in [2.45, 2.75) is 30.8 Å². The van der Waals surface area contributed by atoms with Gasteiger partial charge in [-0.25, -0.2) is 14.2 Å². The number of non-ortho nitro benzene ring substituents is 1. The normalized spacial score (nSPS) is 17.4. The number of nitrogens with one attached hydrogen (secondary N) is 2. The van der Waals surface area contributed by atoms with E-state index < -0.39 is 62.9 Å². The Morgan fingerprint density at radius 2 is 1.75 bits per heavy atom. The first-order valence-electron chi connectivity index (χ1n) is 13.5.